The summed E-state index contributed by atoms with van der Waals surface area (Å²) >= 11 is 2.38. The number of rotatable bonds is 0. The van der Waals surface area contributed by atoms with Gasteiger partial charge < -0.3 is 4.57 Å². The van der Waals surface area contributed by atoms with Crippen molar-refractivity contribution in [2.75, 3.05) is 0 Å². The molecule has 0 saturated heterocycles. The molecule has 0 bridgehead atoms. The van der Waals surface area contributed by atoms with Crippen LogP contribution in [-0.4, -0.2) is 9.55 Å². The van der Waals surface area contributed by atoms with Gasteiger partial charge in [0.25, 0.3) is 0 Å². The fraction of sp³-hybridized carbons (Fsp3) is 0.0833. The molecule has 74 valence electrons. The number of aryl methyl sites for hydroxylation is 1. The first-order chi connectivity index (χ1) is 7.25. The van der Waals surface area contributed by atoms with Crippen molar-refractivity contribution in [3.8, 4) is 0 Å². The molecule has 15 heavy (non-hydrogen) atoms. The maximum absolute atomic E-state index is 4.15. The lowest BCUT2D eigenvalue weighted by atomic mass is 10.1. The highest BCUT2D eigenvalue weighted by atomic mass is 127. The van der Waals surface area contributed by atoms with Crippen LogP contribution in [0.3, 0.4) is 0 Å². The number of benzene rings is 1. The molecule has 0 aliphatic rings. The molecule has 2 nitrogen and oxygen atoms in total. The Balaban J connectivity index is 2.55. The van der Waals surface area contributed by atoms with Crippen molar-refractivity contribution >= 4 is 44.3 Å². The molecule has 1 aromatic carbocycles. The van der Waals surface area contributed by atoms with E-state index in [1.54, 1.807) is 0 Å². The molecule has 0 radical (unpaired) electrons. The molecular formula is C12H9IN2. The van der Waals surface area contributed by atoms with E-state index in [1.165, 1.54) is 25.2 Å². The Morgan fingerprint density at radius 1 is 1.27 bits per heavy atom. The molecule has 3 aromatic rings. The van der Waals surface area contributed by atoms with Crippen molar-refractivity contribution < 1.29 is 0 Å². The minimum atomic E-state index is 1.20. The Hall–Kier alpha value is -1.10. The highest BCUT2D eigenvalue weighted by molar-refractivity contribution is 14.1. The van der Waals surface area contributed by atoms with Gasteiger partial charge in [-0.25, -0.2) is 0 Å². The van der Waals surface area contributed by atoms with E-state index in [1.807, 2.05) is 12.4 Å². The molecule has 0 amide bonds. The Morgan fingerprint density at radius 3 is 3.00 bits per heavy atom. The van der Waals surface area contributed by atoms with Crippen molar-refractivity contribution in [3.63, 3.8) is 0 Å². The lowest BCUT2D eigenvalue weighted by Gasteiger charge is -1.99. The summed E-state index contributed by atoms with van der Waals surface area (Å²) < 4.78 is 3.45. The molecule has 0 fully saturated rings. The third kappa shape index (κ3) is 1.33. The third-order valence-electron chi connectivity index (χ3n) is 2.70. The number of hydrogen-bond donors (Lipinski definition) is 0. The molecule has 0 N–H and O–H groups in total. The van der Waals surface area contributed by atoms with Crippen LogP contribution in [0.4, 0.5) is 0 Å². The van der Waals surface area contributed by atoms with Crippen molar-refractivity contribution in [3.05, 3.63) is 40.4 Å². The highest BCUT2D eigenvalue weighted by Crippen LogP contribution is 2.26. The number of pyridine rings is 1. The number of aromatic nitrogens is 2. The molecule has 0 aliphatic carbocycles. The predicted octanol–water partition coefficient (Wildman–Crippen LogP) is 3.33. The molecule has 0 saturated carbocycles. The molecule has 0 unspecified atom stereocenters. The monoisotopic (exact) mass is 308 g/mol. The van der Waals surface area contributed by atoms with Gasteiger partial charge in [0, 0.05) is 45.5 Å². The normalized spacial score (nSPS) is 11.3. The van der Waals surface area contributed by atoms with Crippen molar-refractivity contribution in [1.29, 1.82) is 0 Å². The largest absolute Gasteiger partial charge is 0.349 e. The predicted molar refractivity (Wildman–Crippen MR) is 70.9 cm³/mol. The Kier molecular flexibility index (Phi) is 1.95. The van der Waals surface area contributed by atoms with E-state index < -0.39 is 0 Å². The van der Waals surface area contributed by atoms with Crippen LogP contribution < -0.4 is 0 Å². The van der Waals surface area contributed by atoms with Crippen molar-refractivity contribution in [2.45, 2.75) is 0 Å². The minimum Gasteiger partial charge on any atom is -0.349 e. The van der Waals surface area contributed by atoms with Gasteiger partial charge in [-0.1, -0.05) is 0 Å². The lowest BCUT2D eigenvalue weighted by molar-refractivity contribution is 0.967. The van der Waals surface area contributed by atoms with Crippen LogP contribution in [-0.2, 0) is 7.05 Å². The number of halogens is 1. The van der Waals surface area contributed by atoms with Gasteiger partial charge >= 0.3 is 0 Å². The zero-order valence-electron chi connectivity index (χ0n) is 8.24. The topological polar surface area (TPSA) is 17.8 Å². The van der Waals surface area contributed by atoms with E-state index in [9.17, 15) is 0 Å². The smallest absolute Gasteiger partial charge is 0.0495 e. The van der Waals surface area contributed by atoms with Gasteiger partial charge in [0.05, 0.1) is 0 Å². The second kappa shape index (κ2) is 3.20. The van der Waals surface area contributed by atoms with Crippen LogP contribution in [0.15, 0.2) is 36.8 Å². The van der Waals surface area contributed by atoms with Gasteiger partial charge in [0.15, 0.2) is 0 Å². The third-order valence-corrected chi connectivity index (χ3v) is 3.56. The summed E-state index contributed by atoms with van der Waals surface area (Å²) in [6, 6.07) is 6.48. The summed E-state index contributed by atoms with van der Waals surface area (Å²) in [6.07, 6.45) is 5.90. The number of fused-ring (bicyclic) bond motifs is 2. The zero-order valence-corrected chi connectivity index (χ0v) is 10.4. The van der Waals surface area contributed by atoms with Crippen LogP contribution in [0.2, 0.25) is 0 Å². The molecule has 0 aliphatic heterocycles. The second-order valence-corrected chi connectivity index (χ2v) is 4.84. The fourth-order valence-electron chi connectivity index (χ4n) is 1.92. The van der Waals surface area contributed by atoms with Gasteiger partial charge in [-0.05, 0) is 46.2 Å². The van der Waals surface area contributed by atoms with Crippen LogP contribution in [0, 0.1) is 3.57 Å². The van der Waals surface area contributed by atoms with Gasteiger partial charge in [-0.15, -0.1) is 0 Å². The van der Waals surface area contributed by atoms with E-state index in [-0.39, 0.29) is 0 Å². The fourth-order valence-corrected chi connectivity index (χ4v) is 2.77. The Bertz CT molecular complexity index is 600. The van der Waals surface area contributed by atoms with E-state index in [0.717, 1.165) is 0 Å². The molecule has 3 rings (SSSR count). The summed E-state index contributed by atoms with van der Waals surface area (Å²) in [6.45, 7) is 0. The van der Waals surface area contributed by atoms with Gasteiger partial charge in [0.2, 0.25) is 0 Å². The van der Waals surface area contributed by atoms with Crippen LogP contribution in [0.1, 0.15) is 0 Å². The summed E-state index contributed by atoms with van der Waals surface area (Å²) in [7, 11) is 2.08. The SMILES string of the molecule is Cn1cc(I)c2cc3ccncc3cc21. The maximum atomic E-state index is 4.15. The summed E-state index contributed by atoms with van der Waals surface area (Å²) in [5, 5.41) is 3.76. The first-order valence-corrected chi connectivity index (χ1v) is 5.82. The van der Waals surface area contributed by atoms with E-state index >= 15 is 0 Å². The van der Waals surface area contributed by atoms with Gasteiger partial charge in [-0.2, -0.15) is 0 Å². The molecular weight excluding hydrogens is 299 g/mol. The van der Waals surface area contributed by atoms with Gasteiger partial charge in [0.1, 0.15) is 0 Å². The number of hydrogen-bond acceptors (Lipinski definition) is 1. The lowest BCUT2D eigenvalue weighted by Crippen LogP contribution is -1.83. The van der Waals surface area contributed by atoms with Crippen LogP contribution in [0.5, 0.6) is 0 Å². The molecule has 2 heterocycles. The summed E-state index contributed by atoms with van der Waals surface area (Å²) in [4.78, 5) is 4.15. The van der Waals surface area contributed by atoms with Crippen molar-refractivity contribution in [1.82, 2.24) is 9.55 Å². The van der Waals surface area contributed by atoms with E-state index in [0.29, 0.717) is 0 Å². The zero-order chi connectivity index (χ0) is 10.4. The average Bonchev–Trinajstić information content (AvgIpc) is 2.52. The summed E-state index contributed by atoms with van der Waals surface area (Å²) in [5.41, 5.74) is 1.26. The van der Waals surface area contributed by atoms with Gasteiger partial charge in [-0.3, -0.25) is 4.98 Å². The minimum absolute atomic E-state index is 1.20. The van der Waals surface area contributed by atoms with Crippen molar-refractivity contribution in [2.24, 2.45) is 7.05 Å². The first-order valence-electron chi connectivity index (χ1n) is 4.74. The second-order valence-electron chi connectivity index (χ2n) is 3.68. The standard InChI is InChI=1S/C12H9IN2/c1-15-7-11(13)10-4-8-2-3-14-6-9(8)5-12(10)15/h2-7H,1H3. The molecule has 3 heteroatoms. The number of nitrogens with zero attached hydrogens (tertiary/aromatic N) is 2. The van der Waals surface area contributed by atoms with Crippen LogP contribution >= 0.6 is 22.6 Å². The quantitative estimate of drug-likeness (QED) is 0.583. The Morgan fingerprint density at radius 2 is 2.13 bits per heavy atom. The first kappa shape index (κ1) is 9.15. The molecule has 0 atom stereocenters. The average molecular weight is 308 g/mol. The maximum Gasteiger partial charge on any atom is 0.0495 e. The van der Waals surface area contributed by atoms with Crippen LogP contribution in [0.25, 0.3) is 21.7 Å². The molecule has 2 aromatic heterocycles. The van der Waals surface area contributed by atoms with E-state index in [4.69, 9.17) is 0 Å². The van der Waals surface area contributed by atoms with E-state index in [2.05, 4.69) is 63.6 Å². The molecule has 0 spiro atoms. The Labute approximate surface area is 101 Å². The summed E-state index contributed by atoms with van der Waals surface area (Å²) in [5.74, 6) is 0. The highest BCUT2D eigenvalue weighted by Gasteiger charge is 2.05.